The summed E-state index contributed by atoms with van der Waals surface area (Å²) < 4.78 is 1.80. The van der Waals surface area contributed by atoms with Crippen molar-refractivity contribution in [3.05, 3.63) is 12.3 Å². The van der Waals surface area contributed by atoms with Gasteiger partial charge in [0, 0.05) is 32.9 Å². The number of carbonyl (C=O) groups excluding carboxylic acids is 1. The number of carbonyl (C=O) groups is 1. The molecule has 16 heavy (non-hydrogen) atoms. The summed E-state index contributed by atoms with van der Waals surface area (Å²) in [6, 6.07) is 1.77. The maximum absolute atomic E-state index is 11.5. The minimum atomic E-state index is 0.186. The second kappa shape index (κ2) is 4.52. The molecule has 0 aliphatic carbocycles. The number of aromatic nitrogens is 2. The van der Waals surface area contributed by atoms with Crippen molar-refractivity contribution < 1.29 is 4.79 Å². The highest BCUT2D eigenvalue weighted by Crippen LogP contribution is 2.02. The van der Waals surface area contributed by atoms with E-state index in [2.05, 4.69) is 10.00 Å². The third-order valence-corrected chi connectivity index (χ3v) is 2.84. The van der Waals surface area contributed by atoms with E-state index in [1.54, 1.807) is 15.6 Å². The Kier molecular flexibility index (Phi) is 3.09. The Balaban J connectivity index is 1.80. The fraction of sp³-hybridized carbons (Fsp3) is 0.600. The van der Waals surface area contributed by atoms with Crippen LogP contribution >= 0.6 is 0 Å². The van der Waals surface area contributed by atoms with E-state index in [-0.39, 0.29) is 5.91 Å². The van der Waals surface area contributed by atoms with Crippen molar-refractivity contribution >= 4 is 11.7 Å². The smallest absolute Gasteiger partial charge is 0.236 e. The third kappa shape index (κ3) is 2.52. The number of nitrogen functional groups attached to an aromatic ring is 1. The molecule has 6 nitrogen and oxygen atoms in total. The molecule has 0 atom stereocenters. The molecule has 6 heteroatoms. The van der Waals surface area contributed by atoms with E-state index >= 15 is 0 Å². The summed E-state index contributed by atoms with van der Waals surface area (Å²) in [6.07, 6.45) is 1.85. The molecule has 0 unspecified atom stereocenters. The second-order valence-corrected chi connectivity index (χ2v) is 4.10. The highest BCUT2D eigenvalue weighted by Gasteiger charge is 2.20. The number of likely N-dealkylation sites (N-methyl/N-ethyl adjacent to an activating group) is 1. The first-order valence-corrected chi connectivity index (χ1v) is 5.40. The van der Waals surface area contributed by atoms with Crippen LogP contribution < -0.4 is 5.73 Å². The lowest BCUT2D eigenvalue weighted by atomic mass is 10.3. The molecular weight excluding hydrogens is 206 g/mol. The van der Waals surface area contributed by atoms with Crippen LogP contribution in [0.1, 0.15) is 0 Å². The second-order valence-electron chi connectivity index (χ2n) is 4.10. The predicted octanol–water partition coefficient (Wildman–Crippen LogP) is -0.761. The summed E-state index contributed by atoms with van der Waals surface area (Å²) in [7, 11) is 1.84. The summed E-state index contributed by atoms with van der Waals surface area (Å²) >= 11 is 0. The van der Waals surface area contributed by atoms with E-state index < -0.39 is 0 Å². The monoisotopic (exact) mass is 223 g/mol. The number of amides is 1. The summed E-state index contributed by atoms with van der Waals surface area (Å²) in [4.78, 5) is 15.4. The highest BCUT2D eigenvalue weighted by molar-refractivity contribution is 5.78. The topological polar surface area (TPSA) is 67.4 Å². The van der Waals surface area contributed by atoms with E-state index in [0.29, 0.717) is 12.4 Å². The zero-order chi connectivity index (χ0) is 11.5. The normalized spacial score (nSPS) is 18.1. The summed E-state index contributed by atoms with van der Waals surface area (Å²) in [5, 5.41) is 4.10. The van der Waals surface area contributed by atoms with Crippen molar-refractivity contribution in [1.82, 2.24) is 19.6 Å². The molecule has 0 aromatic carbocycles. The van der Waals surface area contributed by atoms with Crippen LogP contribution in [0.25, 0.3) is 0 Å². The quantitative estimate of drug-likeness (QED) is 0.731. The van der Waals surface area contributed by atoms with Gasteiger partial charge in [-0.3, -0.25) is 14.4 Å². The van der Waals surface area contributed by atoms with Gasteiger partial charge in [-0.1, -0.05) is 0 Å². The average Bonchev–Trinajstić information content (AvgIpc) is 2.66. The van der Waals surface area contributed by atoms with E-state index in [4.69, 9.17) is 5.73 Å². The van der Waals surface area contributed by atoms with Crippen molar-refractivity contribution in [2.75, 3.05) is 39.0 Å². The predicted molar refractivity (Wildman–Crippen MR) is 60.7 cm³/mol. The van der Waals surface area contributed by atoms with Crippen LogP contribution in [0.15, 0.2) is 12.3 Å². The van der Waals surface area contributed by atoms with Gasteiger partial charge in [0.25, 0.3) is 0 Å². The molecule has 1 aliphatic heterocycles. The first-order chi connectivity index (χ1) is 7.65. The molecular formula is C10H17N5O. The molecule has 0 radical (unpaired) electrons. The Morgan fingerprint density at radius 1 is 1.44 bits per heavy atom. The summed E-state index contributed by atoms with van der Waals surface area (Å²) in [5.74, 6) is 0.723. The molecule has 0 bridgehead atoms. The zero-order valence-corrected chi connectivity index (χ0v) is 9.46. The first kappa shape index (κ1) is 10.9. The number of hydrogen-bond donors (Lipinski definition) is 1. The van der Waals surface area contributed by atoms with Crippen LogP contribution in [0, 0.1) is 0 Å². The standard InChI is InChI=1S/C10H17N5O/c1-13-4-5-14(8-10(13)16)6-7-15-3-2-9(11)12-15/h2-3H,4-8H2,1H3,(H2,11,12). The number of nitrogens with two attached hydrogens (primary N) is 1. The Morgan fingerprint density at radius 3 is 2.88 bits per heavy atom. The van der Waals surface area contributed by atoms with Crippen LogP contribution in [0.2, 0.25) is 0 Å². The molecule has 1 aliphatic rings. The first-order valence-electron chi connectivity index (χ1n) is 5.40. The maximum atomic E-state index is 11.5. The van der Waals surface area contributed by atoms with Gasteiger partial charge in [-0.15, -0.1) is 0 Å². The van der Waals surface area contributed by atoms with Gasteiger partial charge in [0.05, 0.1) is 13.1 Å². The summed E-state index contributed by atoms with van der Waals surface area (Å²) in [5.41, 5.74) is 5.52. The molecule has 1 amide bonds. The number of hydrogen-bond acceptors (Lipinski definition) is 4. The fourth-order valence-electron chi connectivity index (χ4n) is 1.74. The average molecular weight is 223 g/mol. The van der Waals surface area contributed by atoms with Gasteiger partial charge in [0.2, 0.25) is 5.91 Å². The van der Waals surface area contributed by atoms with Crippen molar-refractivity contribution in [1.29, 1.82) is 0 Å². The van der Waals surface area contributed by atoms with E-state index in [9.17, 15) is 4.79 Å². The number of nitrogens with zero attached hydrogens (tertiary/aromatic N) is 4. The minimum absolute atomic E-state index is 0.186. The zero-order valence-electron chi connectivity index (χ0n) is 9.46. The van der Waals surface area contributed by atoms with Crippen LogP contribution in [0.4, 0.5) is 5.82 Å². The minimum Gasteiger partial charge on any atom is -0.382 e. The van der Waals surface area contributed by atoms with Gasteiger partial charge in [-0.2, -0.15) is 5.10 Å². The lowest BCUT2D eigenvalue weighted by Gasteiger charge is -2.31. The van der Waals surface area contributed by atoms with E-state index in [1.165, 1.54) is 0 Å². The molecule has 1 saturated heterocycles. The number of piperazine rings is 1. The molecule has 1 fully saturated rings. The van der Waals surface area contributed by atoms with Gasteiger partial charge in [0.1, 0.15) is 5.82 Å². The van der Waals surface area contributed by atoms with Gasteiger partial charge >= 0.3 is 0 Å². The van der Waals surface area contributed by atoms with Crippen molar-refractivity contribution in [2.24, 2.45) is 0 Å². The number of rotatable bonds is 3. The molecule has 2 N–H and O–H groups in total. The van der Waals surface area contributed by atoms with E-state index in [0.717, 1.165) is 26.2 Å². The van der Waals surface area contributed by atoms with Gasteiger partial charge in [-0.05, 0) is 6.07 Å². The van der Waals surface area contributed by atoms with Crippen LogP contribution in [0.5, 0.6) is 0 Å². The van der Waals surface area contributed by atoms with Crippen LogP contribution in [0.3, 0.4) is 0 Å². The Bertz CT molecular complexity index is 375. The third-order valence-electron chi connectivity index (χ3n) is 2.84. The molecule has 88 valence electrons. The SMILES string of the molecule is CN1CCN(CCn2ccc(N)n2)CC1=O. The Morgan fingerprint density at radius 2 is 2.25 bits per heavy atom. The molecule has 2 rings (SSSR count). The van der Waals surface area contributed by atoms with Crippen molar-refractivity contribution in [3.63, 3.8) is 0 Å². The van der Waals surface area contributed by atoms with Crippen LogP contribution in [-0.2, 0) is 11.3 Å². The highest BCUT2D eigenvalue weighted by atomic mass is 16.2. The Hall–Kier alpha value is -1.56. The van der Waals surface area contributed by atoms with Gasteiger partial charge in [-0.25, -0.2) is 0 Å². The Labute approximate surface area is 94.6 Å². The van der Waals surface area contributed by atoms with Crippen LogP contribution in [-0.4, -0.2) is 58.7 Å². The van der Waals surface area contributed by atoms with Gasteiger partial charge < -0.3 is 10.6 Å². The maximum Gasteiger partial charge on any atom is 0.236 e. The van der Waals surface area contributed by atoms with Crippen molar-refractivity contribution in [3.8, 4) is 0 Å². The fourth-order valence-corrected chi connectivity index (χ4v) is 1.74. The van der Waals surface area contributed by atoms with Gasteiger partial charge in [0.15, 0.2) is 0 Å². The molecule has 2 heterocycles. The summed E-state index contributed by atoms with van der Waals surface area (Å²) in [6.45, 7) is 3.85. The van der Waals surface area contributed by atoms with Crippen molar-refractivity contribution in [2.45, 2.75) is 6.54 Å². The molecule has 0 saturated carbocycles. The lowest BCUT2D eigenvalue weighted by molar-refractivity contribution is -0.134. The largest absolute Gasteiger partial charge is 0.382 e. The van der Waals surface area contributed by atoms with E-state index in [1.807, 2.05) is 13.2 Å². The molecule has 0 spiro atoms. The number of anilines is 1. The lowest BCUT2D eigenvalue weighted by Crippen LogP contribution is -2.49. The molecule has 1 aromatic heterocycles. The molecule has 1 aromatic rings.